The Labute approximate surface area is 159 Å². The van der Waals surface area contributed by atoms with E-state index in [4.69, 9.17) is 4.74 Å². The van der Waals surface area contributed by atoms with Gasteiger partial charge in [0, 0.05) is 32.0 Å². The molecule has 2 fully saturated rings. The summed E-state index contributed by atoms with van der Waals surface area (Å²) in [5.41, 5.74) is 0.911. The van der Waals surface area contributed by atoms with Gasteiger partial charge in [-0.05, 0) is 55.9 Å². The number of carbonyl (C=O) groups excluding carboxylic acids is 3. The fourth-order valence-electron chi connectivity index (χ4n) is 3.44. The average molecular weight is 370 g/mol. The van der Waals surface area contributed by atoms with Crippen LogP contribution < -0.4 is 10.1 Å². The van der Waals surface area contributed by atoms with E-state index in [1.165, 1.54) is 23.8 Å². The highest BCUT2D eigenvalue weighted by atomic mass is 16.5. The van der Waals surface area contributed by atoms with Crippen LogP contribution in [0.15, 0.2) is 30.3 Å². The predicted molar refractivity (Wildman–Crippen MR) is 102 cm³/mol. The first-order valence-electron chi connectivity index (χ1n) is 9.67. The molecule has 6 nitrogen and oxygen atoms in total. The summed E-state index contributed by atoms with van der Waals surface area (Å²) in [7, 11) is 0. The van der Waals surface area contributed by atoms with Gasteiger partial charge in [-0.1, -0.05) is 12.1 Å². The molecule has 0 atom stereocenters. The molecule has 3 amide bonds. The summed E-state index contributed by atoms with van der Waals surface area (Å²) in [5.74, 6) is 0.400. The molecular formula is C21H26N2O4. The minimum atomic E-state index is -0.198. The summed E-state index contributed by atoms with van der Waals surface area (Å²) < 4.78 is 5.97. The molecule has 1 saturated carbocycles. The minimum absolute atomic E-state index is 0.120. The maximum absolute atomic E-state index is 11.9. The van der Waals surface area contributed by atoms with Gasteiger partial charge in [0.2, 0.25) is 17.7 Å². The molecule has 3 rings (SSSR count). The van der Waals surface area contributed by atoms with Crippen LogP contribution in [0.2, 0.25) is 0 Å². The van der Waals surface area contributed by atoms with Crippen molar-refractivity contribution in [3.8, 4) is 5.75 Å². The highest BCUT2D eigenvalue weighted by Crippen LogP contribution is 2.24. The molecule has 1 aliphatic heterocycles. The topological polar surface area (TPSA) is 75.7 Å². The molecule has 1 heterocycles. The lowest BCUT2D eigenvalue weighted by Gasteiger charge is -2.13. The molecular weight excluding hydrogens is 344 g/mol. The lowest BCUT2D eigenvalue weighted by atomic mass is 10.2. The van der Waals surface area contributed by atoms with E-state index in [1.807, 2.05) is 24.3 Å². The van der Waals surface area contributed by atoms with Gasteiger partial charge in [-0.3, -0.25) is 19.3 Å². The number of nitrogens with zero attached hydrogens (tertiary/aromatic N) is 1. The number of hydrogen-bond donors (Lipinski definition) is 1. The lowest BCUT2D eigenvalue weighted by Crippen LogP contribution is -2.32. The fourth-order valence-corrected chi connectivity index (χ4v) is 3.44. The summed E-state index contributed by atoms with van der Waals surface area (Å²) in [6, 6.07) is 7.73. The van der Waals surface area contributed by atoms with E-state index < -0.39 is 0 Å². The third kappa shape index (κ3) is 5.67. The molecule has 1 aromatic carbocycles. The number of benzene rings is 1. The van der Waals surface area contributed by atoms with Gasteiger partial charge in [0.1, 0.15) is 5.75 Å². The highest BCUT2D eigenvalue weighted by molar-refractivity contribution is 6.01. The van der Waals surface area contributed by atoms with Crippen LogP contribution >= 0.6 is 0 Å². The predicted octanol–water partition coefficient (Wildman–Crippen LogP) is 2.68. The largest absolute Gasteiger partial charge is 0.490 e. The zero-order chi connectivity index (χ0) is 19.1. The molecule has 1 N–H and O–H groups in total. The van der Waals surface area contributed by atoms with E-state index in [9.17, 15) is 14.4 Å². The summed E-state index contributed by atoms with van der Waals surface area (Å²) >= 11 is 0. The molecule has 27 heavy (non-hydrogen) atoms. The van der Waals surface area contributed by atoms with Gasteiger partial charge < -0.3 is 10.1 Å². The first-order chi connectivity index (χ1) is 13.1. The number of carbonyl (C=O) groups is 3. The van der Waals surface area contributed by atoms with Crippen LogP contribution in [0.4, 0.5) is 0 Å². The van der Waals surface area contributed by atoms with Gasteiger partial charge in [0.05, 0.1) is 6.10 Å². The Morgan fingerprint density at radius 1 is 1.19 bits per heavy atom. The van der Waals surface area contributed by atoms with E-state index in [-0.39, 0.29) is 17.7 Å². The molecule has 0 radical (unpaired) electrons. The van der Waals surface area contributed by atoms with Gasteiger partial charge in [0.15, 0.2) is 0 Å². The van der Waals surface area contributed by atoms with Gasteiger partial charge >= 0.3 is 0 Å². The third-order valence-corrected chi connectivity index (χ3v) is 4.90. The summed E-state index contributed by atoms with van der Waals surface area (Å²) in [6.07, 6.45) is 9.38. The lowest BCUT2D eigenvalue weighted by molar-refractivity contribution is -0.138. The van der Waals surface area contributed by atoms with Crippen molar-refractivity contribution < 1.29 is 19.1 Å². The monoisotopic (exact) mass is 370 g/mol. The highest BCUT2D eigenvalue weighted by Gasteiger charge is 2.27. The summed E-state index contributed by atoms with van der Waals surface area (Å²) in [5, 5.41) is 2.77. The Hall–Kier alpha value is -2.63. The van der Waals surface area contributed by atoms with Gasteiger partial charge in [0.25, 0.3) is 0 Å². The van der Waals surface area contributed by atoms with Crippen LogP contribution in [-0.2, 0) is 14.4 Å². The van der Waals surface area contributed by atoms with E-state index in [2.05, 4.69) is 5.32 Å². The average Bonchev–Trinajstić information content (AvgIpc) is 3.28. The van der Waals surface area contributed by atoms with Crippen LogP contribution in [0.1, 0.15) is 50.5 Å². The van der Waals surface area contributed by atoms with E-state index in [0.717, 1.165) is 24.2 Å². The number of ether oxygens (including phenoxy) is 1. The van der Waals surface area contributed by atoms with E-state index in [1.54, 1.807) is 6.08 Å². The Bertz CT molecular complexity index is 707. The van der Waals surface area contributed by atoms with Crippen molar-refractivity contribution in [3.05, 3.63) is 35.9 Å². The zero-order valence-electron chi connectivity index (χ0n) is 15.5. The van der Waals surface area contributed by atoms with Crippen LogP contribution in [0.25, 0.3) is 6.08 Å². The second kappa shape index (κ2) is 9.35. The molecule has 2 aliphatic rings. The molecule has 6 heteroatoms. The fraction of sp³-hybridized carbons (Fsp3) is 0.476. The van der Waals surface area contributed by atoms with Crippen molar-refractivity contribution in [2.45, 2.75) is 51.0 Å². The standard InChI is InChI=1S/C21H26N2O4/c24-19(22-13-4-14-23-20(25)11-12-21(23)26)10-9-16-5-3-8-18(15-16)27-17-6-1-2-7-17/h3,5,8-10,15,17H,1-2,4,6-7,11-14H2,(H,22,24)/b10-9+. The quantitative estimate of drug-likeness (QED) is 0.434. The minimum Gasteiger partial charge on any atom is -0.490 e. The SMILES string of the molecule is O=C(/C=C/c1cccc(OC2CCCC2)c1)NCCCN1C(=O)CCC1=O. The Balaban J connectivity index is 1.40. The number of likely N-dealkylation sites (tertiary alicyclic amines) is 1. The maximum Gasteiger partial charge on any atom is 0.244 e. The molecule has 0 aromatic heterocycles. The molecule has 0 spiro atoms. The van der Waals surface area contributed by atoms with Crippen molar-refractivity contribution in [2.24, 2.45) is 0 Å². The number of amides is 3. The molecule has 1 saturated heterocycles. The van der Waals surface area contributed by atoms with Crippen LogP contribution in [0.5, 0.6) is 5.75 Å². The molecule has 0 bridgehead atoms. The maximum atomic E-state index is 11.9. The summed E-state index contributed by atoms with van der Waals surface area (Å²) in [4.78, 5) is 36.2. The number of hydrogen-bond acceptors (Lipinski definition) is 4. The van der Waals surface area contributed by atoms with Crippen LogP contribution in [0, 0.1) is 0 Å². The molecule has 1 aliphatic carbocycles. The van der Waals surface area contributed by atoms with Crippen molar-refractivity contribution in [2.75, 3.05) is 13.1 Å². The number of imide groups is 1. The Kier molecular flexibility index (Phi) is 6.63. The number of rotatable bonds is 8. The first kappa shape index (κ1) is 19.1. The first-order valence-corrected chi connectivity index (χ1v) is 9.67. The zero-order valence-corrected chi connectivity index (χ0v) is 15.5. The molecule has 144 valence electrons. The summed E-state index contributed by atoms with van der Waals surface area (Å²) in [6.45, 7) is 0.785. The van der Waals surface area contributed by atoms with Gasteiger partial charge in [-0.2, -0.15) is 0 Å². The second-order valence-corrected chi connectivity index (χ2v) is 7.01. The Morgan fingerprint density at radius 2 is 1.93 bits per heavy atom. The van der Waals surface area contributed by atoms with Crippen molar-refractivity contribution >= 4 is 23.8 Å². The molecule has 0 unspecified atom stereocenters. The van der Waals surface area contributed by atoms with Crippen molar-refractivity contribution in [3.63, 3.8) is 0 Å². The van der Waals surface area contributed by atoms with Crippen molar-refractivity contribution in [1.29, 1.82) is 0 Å². The normalized spacial score (nSPS) is 17.9. The van der Waals surface area contributed by atoms with Gasteiger partial charge in [-0.25, -0.2) is 0 Å². The van der Waals surface area contributed by atoms with E-state index in [0.29, 0.717) is 38.5 Å². The third-order valence-electron chi connectivity index (χ3n) is 4.90. The van der Waals surface area contributed by atoms with Crippen LogP contribution in [0.3, 0.4) is 0 Å². The molecule has 1 aromatic rings. The van der Waals surface area contributed by atoms with Gasteiger partial charge in [-0.15, -0.1) is 0 Å². The number of nitrogens with one attached hydrogen (secondary N) is 1. The second-order valence-electron chi connectivity index (χ2n) is 7.01. The van der Waals surface area contributed by atoms with Crippen molar-refractivity contribution in [1.82, 2.24) is 10.2 Å². The van der Waals surface area contributed by atoms with E-state index >= 15 is 0 Å². The Morgan fingerprint density at radius 3 is 2.67 bits per heavy atom. The smallest absolute Gasteiger partial charge is 0.244 e. The van der Waals surface area contributed by atoms with Crippen LogP contribution in [-0.4, -0.2) is 41.8 Å².